The molecule has 1 heterocycles. The first-order chi connectivity index (χ1) is 12.2. The molecule has 0 amide bonds. The van der Waals surface area contributed by atoms with Crippen LogP contribution in [0, 0.1) is 0 Å². The molecule has 1 unspecified atom stereocenters. The van der Waals surface area contributed by atoms with Gasteiger partial charge >= 0.3 is 6.18 Å². The molecule has 0 bridgehead atoms. The van der Waals surface area contributed by atoms with Crippen LogP contribution in [0.2, 0.25) is 5.02 Å². The first-order valence-electron chi connectivity index (χ1n) is 8.14. The third-order valence-corrected chi connectivity index (χ3v) is 6.65. The quantitative estimate of drug-likeness (QED) is 0.699. The van der Waals surface area contributed by atoms with Gasteiger partial charge in [0.2, 0.25) is 10.0 Å². The van der Waals surface area contributed by atoms with Crippen LogP contribution in [0.3, 0.4) is 0 Å². The molecule has 2 aromatic carbocycles. The van der Waals surface area contributed by atoms with Gasteiger partial charge in [0.25, 0.3) is 0 Å². The normalized spacial score (nSPS) is 19.5. The molecule has 0 radical (unpaired) electrons. The maximum Gasteiger partial charge on any atom is 0.416 e. The first kappa shape index (κ1) is 19.2. The maximum absolute atomic E-state index is 13.0. The van der Waals surface area contributed by atoms with Gasteiger partial charge in [-0.3, -0.25) is 0 Å². The molecule has 1 fully saturated rings. The number of benzene rings is 2. The molecule has 26 heavy (non-hydrogen) atoms. The number of hydrogen-bond acceptors (Lipinski definition) is 2. The van der Waals surface area contributed by atoms with E-state index in [1.54, 1.807) is 6.07 Å². The van der Waals surface area contributed by atoms with Crippen molar-refractivity contribution in [2.24, 2.45) is 0 Å². The van der Waals surface area contributed by atoms with Gasteiger partial charge in [-0.1, -0.05) is 30.2 Å². The Morgan fingerprint density at radius 3 is 2.38 bits per heavy atom. The topological polar surface area (TPSA) is 37.4 Å². The minimum atomic E-state index is -4.47. The zero-order valence-electron chi connectivity index (χ0n) is 13.7. The number of hydrogen-bond donors (Lipinski definition) is 0. The average Bonchev–Trinajstić information content (AvgIpc) is 2.61. The van der Waals surface area contributed by atoms with Crippen LogP contribution in [0.15, 0.2) is 53.4 Å². The number of halogens is 4. The molecule has 0 spiro atoms. The van der Waals surface area contributed by atoms with E-state index in [9.17, 15) is 21.6 Å². The second-order valence-electron chi connectivity index (χ2n) is 6.20. The lowest BCUT2D eigenvalue weighted by atomic mass is 9.96. The van der Waals surface area contributed by atoms with E-state index in [4.69, 9.17) is 11.6 Å². The summed E-state index contributed by atoms with van der Waals surface area (Å²) in [6.45, 7) is 0.270. The van der Waals surface area contributed by atoms with Crippen molar-refractivity contribution in [3.63, 3.8) is 0 Å². The third-order valence-electron chi connectivity index (χ3n) is 4.47. The maximum atomic E-state index is 13.0. The second-order valence-corrected chi connectivity index (χ2v) is 8.53. The van der Waals surface area contributed by atoms with E-state index in [1.807, 2.05) is 0 Å². The van der Waals surface area contributed by atoms with Gasteiger partial charge in [0.1, 0.15) is 0 Å². The summed E-state index contributed by atoms with van der Waals surface area (Å²) < 4.78 is 66.4. The molecule has 3 nitrogen and oxygen atoms in total. The summed E-state index contributed by atoms with van der Waals surface area (Å²) in [4.78, 5) is 0.0841. The number of piperidine rings is 1. The van der Waals surface area contributed by atoms with Crippen molar-refractivity contribution in [2.75, 3.05) is 6.54 Å². The Morgan fingerprint density at radius 2 is 1.73 bits per heavy atom. The Hall–Kier alpha value is -1.57. The molecule has 0 aliphatic carbocycles. The predicted octanol–water partition coefficient (Wildman–Crippen LogP) is 5.27. The lowest BCUT2D eigenvalue weighted by molar-refractivity contribution is -0.137. The van der Waals surface area contributed by atoms with Crippen molar-refractivity contribution in [3.05, 3.63) is 64.7 Å². The zero-order chi connectivity index (χ0) is 18.9. The van der Waals surface area contributed by atoms with Crippen LogP contribution in [-0.4, -0.2) is 19.3 Å². The monoisotopic (exact) mass is 403 g/mol. The molecular formula is C18H17ClF3NO2S. The highest BCUT2D eigenvalue weighted by Gasteiger charge is 2.36. The van der Waals surface area contributed by atoms with E-state index in [-0.39, 0.29) is 11.4 Å². The van der Waals surface area contributed by atoms with E-state index >= 15 is 0 Å². The molecule has 2 aromatic rings. The Balaban J connectivity index is 2.00. The molecule has 1 saturated heterocycles. The summed E-state index contributed by atoms with van der Waals surface area (Å²) in [6, 6.07) is 10.1. The van der Waals surface area contributed by atoms with Crippen molar-refractivity contribution in [1.82, 2.24) is 4.31 Å². The van der Waals surface area contributed by atoms with Gasteiger partial charge < -0.3 is 0 Å². The minimum absolute atomic E-state index is 0.0841. The lowest BCUT2D eigenvalue weighted by Crippen LogP contribution is -2.38. The summed E-state index contributed by atoms with van der Waals surface area (Å²) in [5, 5.41) is 0.414. The van der Waals surface area contributed by atoms with E-state index in [0.717, 1.165) is 18.6 Å². The van der Waals surface area contributed by atoms with Crippen LogP contribution in [0.25, 0.3) is 0 Å². The Labute approximate surface area is 155 Å². The van der Waals surface area contributed by atoms with Crippen LogP contribution < -0.4 is 0 Å². The lowest BCUT2D eigenvalue weighted by Gasteiger charge is -2.35. The van der Waals surface area contributed by atoms with E-state index < -0.39 is 27.8 Å². The highest BCUT2D eigenvalue weighted by Crippen LogP contribution is 2.38. The molecule has 140 valence electrons. The van der Waals surface area contributed by atoms with Gasteiger partial charge in [0, 0.05) is 11.6 Å². The molecule has 1 atom stereocenters. The van der Waals surface area contributed by atoms with Gasteiger partial charge in [-0.25, -0.2) is 8.42 Å². The molecule has 0 aromatic heterocycles. The van der Waals surface area contributed by atoms with E-state index in [1.165, 1.54) is 34.6 Å². The smallest absolute Gasteiger partial charge is 0.207 e. The van der Waals surface area contributed by atoms with Gasteiger partial charge in [-0.2, -0.15) is 17.5 Å². The Bertz CT molecular complexity index is 882. The van der Waals surface area contributed by atoms with Crippen LogP contribution in [0.1, 0.15) is 36.4 Å². The van der Waals surface area contributed by atoms with Crippen molar-refractivity contribution in [2.45, 2.75) is 36.4 Å². The molecule has 1 aliphatic rings. The largest absolute Gasteiger partial charge is 0.416 e. The summed E-state index contributed by atoms with van der Waals surface area (Å²) >= 11 is 5.82. The summed E-state index contributed by atoms with van der Waals surface area (Å²) in [5.74, 6) is 0. The fourth-order valence-electron chi connectivity index (χ4n) is 3.19. The van der Waals surface area contributed by atoms with Crippen LogP contribution in [-0.2, 0) is 16.2 Å². The fraction of sp³-hybridized carbons (Fsp3) is 0.333. The highest BCUT2D eigenvalue weighted by molar-refractivity contribution is 7.89. The molecule has 0 N–H and O–H groups in total. The average molecular weight is 404 g/mol. The number of rotatable bonds is 3. The first-order valence-corrected chi connectivity index (χ1v) is 9.96. The SMILES string of the molecule is O=S(=O)(c1ccc(Cl)cc1)N1CCCCC1c1cccc(C(F)(F)F)c1. The zero-order valence-corrected chi connectivity index (χ0v) is 15.3. The summed E-state index contributed by atoms with van der Waals surface area (Å²) in [7, 11) is -3.83. The molecule has 0 saturated carbocycles. The van der Waals surface area contributed by atoms with Crippen LogP contribution >= 0.6 is 11.6 Å². The van der Waals surface area contributed by atoms with Crippen molar-refractivity contribution < 1.29 is 21.6 Å². The molecule has 1 aliphatic heterocycles. The second kappa shape index (κ2) is 7.21. The van der Waals surface area contributed by atoms with Crippen molar-refractivity contribution >= 4 is 21.6 Å². The van der Waals surface area contributed by atoms with Crippen molar-refractivity contribution in [3.8, 4) is 0 Å². The standard InChI is InChI=1S/C18H17ClF3NO2S/c19-15-7-9-16(10-8-15)26(24,25)23-11-2-1-6-17(23)13-4-3-5-14(12-13)18(20,21)22/h3-5,7-10,12,17H,1-2,6,11H2. The Morgan fingerprint density at radius 1 is 1.04 bits per heavy atom. The van der Waals surface area contributed by atoms with Gasteiger partial charge in [0.05, 0.1) is 16.5 Å². The number of sulfonamides is 1. The number of alkyl halides is 3. The third kappa shape index (κ3) is 3.89. The van der Waals surface area contributed by atoms with E-state index in [2.05, 4.69) is 0 Å². The summed E-state index contributed by atoms with van der Waals surface area (Å²) in [6.07, 6.45) is -2.56. The minimum Gasteiger partial charge on any atom is -0.207 e. The van der Waals surface area contributed by atoms with E-state index in [0.29, 0.717) is 23.4 Å². The molecule has 8 heteroatoms. The van der Waals surface area contributed by atoms with Gasteiger partial charge in [0.15, 0.2) is 0 Å². The van der Waals surface area contributed by atoms with Crippen LogP contribution in [0.5, 0.6) is 0 Å². The van der Waals surface area contributed by atoms with Crippen molar-refractivity contribution in [1.29, 1.82) is 0 Å². The molecule has 3 rings (SSSR count). The Kier molecular flexibility index (Phi) is 5.33. The molecular weight excluding hydrogens is 387 g/mol. The number of nitrogens with zero attached hydrogens (tertiary/aromatic N) is 1. The predicted molar refractivity (Wildman–Crippen MR) is 93.4 cm³/mol. The van der Waals surface area contributed by atoms with Gasteiger partial charge in [-0.15, -0.1) is 0 Å². The fourth-order valence-corrected chi connectivity index (χ4v) is 5.00. The van der Waals surface area contributed by atoms with Crippen LogP contribution in [0.4, 0.5) is 13.2 Å². The summed E-state index contributed by atoms with van der Waals surface area (Å²) in [5.41, 5.74) is -0.415. The highest BCUT2D eigenvalue weighted by atomic mass is 35.5. The van der Waals surface area contributed by atoms with Gasteiger partial charge in [-0.05, 0) is 54.8 Å².